The molecule has 0 saturated heterocycles. The molecule has 0 aliphatic rings. The van der Waals surface area contributed by atoms with E-state index in [1.165, 1.54) is 18.2 Å². The molecular formula is C19H17FN6O3. The molecule has 148 valence electrons. The summed E-state index contributed by atoms with van der Waals surface area (Å²) in [6, 6.07) is 14.4. The summed E-state index contributed by atoms with van der Waals surface area (Å²) in [6.45, 7) is 2.23. The van der Waals surface area contributed by atoms with Crippen LogP contribution >= 0.6 is 0 Å². The Labute approximate surface area is 165 Å². The predicted octanol–water partition coefficient (Wildman–Crippen LogP) is 3.44. The van der Waals surface area contributed by atoms with Gasteiger partial charge in [-0.25, -0.2) is 14.4 Å². The van der Waals surface area contributed by atoms with E-state index in [9.17, 15) is 19.3 Å². The highest BCUT2D eigenvalue weighted by atomic mass is 19.1. The molecule has 0 bridgehead atoms. The molecule has 29 heavy (non-hydrogen) atoms. The fourth-order valence-electron chi connectivity index (χ4n) is 2.72. The van der Waals surface area contributed by atoms with Crippen LogP contribution in [-0.2, 0) is 0 Å². The number of nitro groups is 1. The Morgan fingerprint density at radius 2 is 1.83 bits per heavy atom. The monoisotopic (exact) mass is 396 g/mol. The first-order valence-electron chi connectivity index (χ1n) is 8.65. The first-order chi connectivity index (χ1) is 14.0. The summed E-state index contributed by atoms with van der Waals surface area (Å²) in [4.78, 5) is 32.9. The molecule has 1 heterocycles. The lowest BCUT2D eigenvalue weighted by Crippen LogP contribution is -2.31. The Morgan fingerprint density at radius 1 is 1.14 bits per heavy atom. The lowest BCUT2D eigenvalue weighted by Gasteiger charge is -2.22. The van der Waals surface area contributed by atoms with Gasteiger partial charge < -0.3 is 4.90 Å². The Kier molecular flexibility index (Phi) is 5.93. The molecule has 0 fully saturated rings. The molecule has 0 spiro atoms. The first-order valence-corrected chi connectivity index (χ1v) is 8.65. The number of para-hydroxylation sites is 1. The van der Waals surface area contributed by atoms with Crippen LogP contribution in [0.4, 0.5) is 27.4 Å². The highest BCUT2D eigenvalue weighted by Crippen LogP contribution is 2.35. The third-order valence-electron chi connectivity index (χ3n) is 4.04. The van der Waals surface area contributed by atoms with Crippen molar-refractivity contribution in [3.8, 4) is 0 Å². The summed E-state index contributed by atoms with van der Waals surface area (Å²) in [7, 11) is 0. The molecule has 0 aliphatic carbocycles. The Bertz CT molecular complexity index is 1030. The molecule has 0 unspecified atom stereocenters. The van der Waals surface area contributed by atoms with Crippen molar-refractivity contribution in [3.05, 3.63) is 82.4 Å². The van der Waals surface area contributed by atoms with Gasteiger partial charge in [0, 0.05) is 12.2 Å². The molecule has 1 aromatic heterocycles. The van der Waals surface area contributed by atoms with Gasteiger partial charge in [0.1, 0.15) is 12.1 Å². The molecular weight excluding hydrogens is 379 g/mol. The van der Waals surface area contributed by atoms with Crippen molar-refractivity contribution in [3.63, 3.8) is 0 Å². The lowest BCUT2D eigenvalue weighted by atomic mass is 10.2. The molecule has 2 N–H and O–H groups in total. The largest absolute Gasteiger partial charge is 0.355 e. The summed E-state index contributed by atoms with van der Waals surface area (Å²) in [5.41, 5.74) is 4.71. The van der Waals surface area contributed by atoms with Crippen molar-refractivity contribution in [2.24, 2.45) is 0 Å². The van der Waals surface area contributed by atoms with Crippen molar-refractivity contribution in [1.82, 2.24) is 15.4 Å². The van der Waals surface area contributed by atoms with E-state index in [0.717, 1.165) is 12.4 Å². The molecule has 2 aromatic carbocycles. The summed E-state index contributed by atoms with van der Waals surface area (Å²) >= 11 is 0. The number of rotatable bonds is 7. The van der Waals surface area contributed by atoms with Crippen LogP contribution in [0.1, 0.15) is 17.3 Å². The second-order valence-corrected chi connectivity index (χ2v) is 5.79. The molecule has 9 nitrogen and oxygen atoms in total. The van der Waals surface area contributed by atoms with E-state index in [2.05, 4.69) is 20.8 Å². The number of carbonyl (C=O) groups is 1. The van der Waals surface area contributed by atoms with E-state index in [0.29, 0.717) is 12.2 Å². The van der Waals surface area contributed by atoms with Crippen molar-refractivity contribution in [2.45, 2.75) is 6.92 Å². The maximum atomic E-state index is 13.7. The van der Waals surface area contributed by atoms with Crippen molar-refractivity contribution < 1.29 is 14.1 Å². The van der Waals surface area contributed by atoms with E-state index in [1.54, 1.807) is 29.2 Å². The summed E-state index contributed by atoms with van der Waals surface area (Å²) in [6.07, 6.45) is 1.14. The van der Waals surface area contributed by atoms with Gasteiger partial charge in [-0.05, 0) is 31.2 Å². The van der Waals surface area contributed by atoms with Crippen molar-refractivity contribution >= 4 is 28.9 Å². The average molecular weight is 396 g/mol. The van der Waals surface area contributed by atoms with Crippen molar-refractivity contribution in [2.75, 3.05) is 16.9 Å². The summed E-state index contributed by atoms with van der Waals surface area (Å²) in [5, 5.41) is 11.7. The highest BCUT2D eigenvalue weighted by Gasteiger charge is 2.27. The Hall–Kier alpha value is -4.08. The third kappa shape index (κ3) is 4.26. The standard InChI is InChI=1S/C19H17FN6O3/c1-2-25(13-8-4-3-5-9-13)18-16(26(28)29)17(21-12-22-18)23-24-19(27)14-10-6-7-11-15(14)20/h3-12H,2H2,1H3,(H,24,27)(H,21,22,23). The van der Waals surface area contributed by atoms with E-state index in [4.69, 9.17) is 0 Å². The SMILES string of the molecule is CCN(c1ccccc1)c1ncnc(NNC(=O)c2ccccc2F)c1[N+](=O)[O-]. The molecule has 1 amide bonds. The van der Waals surface area contributed by atoms with Crippen LogP contribution in [0.3, 0.4) is 0 Å². The van der Waals surface area contributed by atoms with Gasteiger partial charge in [-0.3, -0.25) is 25.8 Å². The van der Waals surface area contributed by atoms with E-state index in [-0.39, 0.29) is 17.2 Å². The number of carbonyl (C=O) groups excluding carboxylic acids is 1. The number of hydrazine groups is 1. The molecule has 0 atom stereocenters. The Balaban J connectivity index is 1.92. The number of amides is 1. The lowest BCUT2D eigenvalue weighted by molar-refractivity contribution is -0.383. The number of nitrogens with zero attached hydrogens (tertiary/aromatic N) is 4. The quantitative estimate of drug-likeness (QED) is 0.464. The summed E-state index contributed by atoms with van der Waals surface area (Å²) in [5.74, 6) is -1.68. The molecule has 0 aliphatic heterocycles. The minimum atomic E-state index is -0.798. The zero-order valence-electron chi connectivity index (χ0n) is 15.4. The van der Waals surface area contributed by atoms with Crippen LogP contribution in [0, 0.1) is 15.9 Å². The number of hydrogen-bond acceptors (Lipinski definition) is 7. The number of aromatic nitrogens is 2. The van der Waals surface area contributed by atoms with E-state index >= 15 is 0 Å². The molecule has 0 radical (unpaired) electrons. The highest BCUT2D eigenvalue weighted by molar-refractivity contribution is 5.95. The van der Waals surface area contributed by atoms with Crippen LogP contribution in [0.2, 0.25) is 0 Å². The topological polar surface area (TPSA) is 113 Å². The minimum Gasteiger partial charge on any atom is -0.321 e. The first kappa shape index (κ1) is 19.7. The Morgan fingerprint density at radius 3 is 2.48 bits per heavy atom. The molecule has 0 saturated carbocycles. The minimum absolute atomic E-state index is 0.0568. The van der Waals surface area contributed by atoms with Crippen LogP contribution in [0.5, 0.6) is 0 Å². The predicted molar refractivity (Wildman–Crippen MR) is 105 cm³/mol. The fraction of sp³-hybridized carbons (Fsp3) is 0.105. The van der Waals surface area contributed by atoms with E-state index < -0.39 is 22.3 Å². The number of benzene rings is 2. The average Bonchev–Trinajstić information content (AvgIpc) is 2.73. The van der Waals surface area contributed by atoms with Crippen LogP contribution in [0.25, 0.3) is 0 Å². The van der Waals surface area contributed by atoms with Gasteiger partial charge in [-0.1, -0.05) is 30.3 Å². The second kappa shape index (κ2) is 8.74. The third-order valence-corrected chi connectivity index (χ3v) is 4.04. The van der Waals surface area contributed by atoms with Gasteiger partial charge in [-0.15, -0.1) is 0 Å². The maximum absolute atomic E-state index is 13.7. The van der Waals surface area contributed by atoms with Crippen LogP contribution in [0.15, 0.2) is 60.9 Å². The van der Waals surface area contributed by atoms with Gasteiger partial charge in [0.05, 0.1) is 10.5 Å². The fourth-order valence-corrected chi connectivity index (χ4v) is 2.72. The van der Waals surface area contributed by atoms with Crippen LogP contribution in [-0.4, -0.2) is 27.3 Å². The number of halogens is 1. The summed E-state index contributed by atoms with van der Waals surface area (Å²) < 4.78 is 13.7. The van der Waals surface area contributed by atoms with Gasteiger partial charge in [0.25, 0.3) is 5.91 Å². The zero-order chi connectivity index (χ0) is 20.8. The maximum Gasteiger partial charge on any atom is 0.355 e. The van der Waals surface area contributed by atoms with Gasteiger partial charge in [-0.2, -0.15) is 0 Å². The molecule has 3 aromatic rings. The van der Waals surface area contributed by atoms with Crippen molar-refractivity contribution in [1.29, 1.82) is 0 Å². The normalized spacial score (nSPS) is 10.3. The van der Waals surface area contributed by atoms with Gasteiger partial charge >= 0.3 is 5.69 Å². The van der Waals surface area contributed by atoms with Gasteiger partial charge in [0.2, 0.25) is 11.6 Å². The van der Waals surface area contributed by atoms with Gasteiger partial charge in [0.15, 0.2) is 0 Å². The smallest absolute Gasteiger partial charge is 0.321 e. The zero-order valence-corrected chi connectivity index (χ0v) is 15.4. The number of hydrogen-bond donors (Lipinski definition) is 2. The number of anilines is 3. The number of nitrogens with one attached hydrogen (secondary N) is 2. The molecule has 10 heteroatoms. The second-order valence-electron chi connectivity index (χ2n) is 5.79. The molecule has 3 rings (SSSR count). The van der Waals surface area contributed by atoms with E-state index in [1.807, 2.05) is 13.0 Å². The van der Waals surface area contributed by atoms with Crippen LogP contribution < -0.4 is 15.8 Å².